The van der Waals surface area contributed by atoms with Crippen LogP contribution in [-0.4, -0.2) is 36.1 Å². The van der Waals surface area contributed by atoms with Crippen molar-refractivity contribution in [2.45, 2.75) is 51.7 Å². The number of benzene rings is 1. The SMILES string of the molecule is Cc1ccc(CN(C(=O)N[C@H]2CCNC2)C2CC2)cc1C. The Kier molecular flexibility index (Phi) is 4.15. The van der Waals surface area contributed by atoms with Crippen LogP contribution in [0.4, 0.5) is 4.79 Å². The first-order chi connectivity index (χ1) is 10.1. The summed E-state index contributed by atoms with van der Waals surface area (Å²) < 4.78 is 0. The van der Waals surface area contributed by atoms with Gasteiger partial charge in [0.1, 0.15) is 0 Å². The minimum Gasteiger partial charge on any atom is -0.334 e. The van der Waals surface area contributed by atoms with Crippen molar-refractivity contribution < 1.29 is 4.79 Å². The molecule has 0 unspecified atom stereocenters. The number of carbonyl (C=O) groups is 1. The van der Waals surface area contributed by atoms with Crippen LogP contribution in [0.15, 0.2) is 18.2 Å². The highest BCUT2D eigenvalue weighted by Crippen LogP contribution is 2.28. The highest BCUT2D eigenvalue weighted by Gasteiger charge is 2.33. The fraction of sp³-hybridized carbons (Fsp3) is 0.588. The number of hydrogen-bond donors (Lipinski definition) is 2. The van der Waals surface area contributed by atoms with E-state index in [9.17, 15) is 4.79 Å². The lowest BCUT2D eigenvalue weighted by atomic mass is 10.1. The molecule has 0 bridgehead atoms. The van der Waals surface area contributed by atoms with Gasteiger partial charge in [0.25, 0.3) is 0 Å². The summed E-state index contributed by atoms with van der Waals surface area (Å²) in [6.07, 6.45) is 3.32. The number of amides is 2. The number of nitrogens with zero attached hydrogens (tertiary/aromatic N) is 1. The molecule has 2 amide bonds. The van der Waals surface area contributed by atoms with Crippen molar-refractivity contribution >= 4 is 6.03 Å². The fourth-order valence-electron chi connectivity index (χ4n) is 2.89. The lowest BCUT2D eigenvalue weighted by Crippen LogP contribution is -2.46. The molecule has 0 aromatic heterocycles. The molecule has 1 aliphatic carbocycles. The van der Waals surface area contributed by atoms with Gasteiger partial charge in [-0.3, -0.25) is 0 Å². The number of rotatable bonds is 4. The minimum atomic E-state index is 0.101. The van der Waals surface area contributed by atoms with E-state index in [1.165, 1.54) is 16.7 Å². The fourth-order valence-corrected chi connectivity index (χ4v) is 2.89. The Morgan fingerprint density at radius 2 is 2.10 bits per heavy atom. The van der Waals surface area contributed by atoms with Crippen LogP contribution in [0.5, 0.6) is 0 Å². The maximum absolute atomic E-state index is 12.5. The second-order valence-electron chi connectivity index (χ2n) is 6.42. The van der Waals surface area contributed by atoms with E-state index in [0.717, 1.165) is 38.9 Å². The van der Waals surface area contributed by atoms with Crippen LogP contribution in [0.2, 0.25) is 0 Å². The van der Waals surface area contributed by atoms with E-state index in [2.05, 4.69) is 42.7 Å². The van der Waals surface area contributed by atoms with E-state index in [4.69, 9.17) is 0 Å². The van der Waals surface area contributed by atoms with Gasteiger partial charge in [-0.1, -0.05) is 18.2 Å². The molecule has 1 aromatic carbocycles. The molecule has 1 heterocycles. The van der Waals surface area contributed by atoms with Gasteiger partial charge in [-0.2, -0.15) is 0 Å². The van der Waals surface area contributed by atoms with Gasteiger partial charge in [-0.25, -0.2) is 4.79 Å². The first-order valence-electron chi connectivity index (χ1n) is 7.97. The molecule has 4 heteroatoms. The van der Waals surface area contributed by atoms with Crippen molar-refractivity contribution in [3.8, 4) is 0 Å². The topological polar surface area (TPSA) is 44.4 Å². The Bertz CT molecular complexity index is 519. The summed E-state index contributed by atoms with van der Waals surface area (Å²) in [6, 6.07) is 7.31. The predicted octanol–water partition coefficient (Wildman–Crippen LogP) is 2.34. The predicted molar refractivity (Wildman–Crippen MR) is 84.3 cm³/mol. The van der Waals surface area contributed by atoms with Crippen LogP contribution in [0, 0.1) is 13.8 Å². The van der Waals surface area contributed by atoms with E-state index in [0.29, 0.717) is 12.1 Å². The van der Waals surface area contributed by atoms with Gasteiger partial charge in [0.15, 0.2) is 0 Å². The van der Waals surface area contributed by atoms with Crippen molar-refractivity contribution in [1.29, 1.82) is 0 Å². The highest BCUT2D eigenvalue weighted by atomic mass is 16.2. The van der Waals surface area contributed by atoms with Crippen molar-refractivity contribution in [2.75, 3.05) is 13.1 Å². The van der Waals surface area contributed by atoms with E-state index >= 15 is 0 Å². The van der Waals surface area contributed by atoms with E-state index in [-0.39, 0.29) is 6.03 Å². The van der Waals surface area contributed by atoms with Gasteiger partial charge < -0.3 is 15.5 Å². The van der Waals surface area contributed by atoms with Crippen molar-refractivity contribution in [1.82, 2.24) is 15.5 Å². The highest BCUT2D eigenvalue weighted by molar-refractivity contribution is 5.75. The van der Waals surface area contributed by atoms with Crippen molar-refractivity contribution in [3.63, 3.8) is 0 Å². The summed E-state index contributed by atoms with van der Waals surface area (Å²) in [5.74, 6) is 0. The molecular formula is C17H25N3O. The number of carbonyl (C=O) groups excluding carboxylic acids is 1. The first kappa shape index (κ1) is 14.4. The third kappa shape index (κ3) is 3.56. The normalized spacial score (nSPS) is 21.3. The minimum absolute atomic E-state index is 0.101. The third-order valence-electron chi connectivity index (χ3n) is 4.56. The molecule has 114 valence electrons. The summed E-state index contributed by atoms with van der Waals surface area (Å²) in [7, 11) is 0. The Labute approximate surface area is 126 Å². The molecule has 3 rings (SSSR count). The van der Waals surface area contributed by atoms with Gasteiger partial charge in [0.05, 0.1) is 0 Å². The van der Waals surface area contributed by atoms with Gasteiger partial charge in [0.2, 0.25) is 0 Å². The summed E-state index contributed by atoms with van der Waals surface area (Å²) in [4.78, 5) is 14.5. The molecule has 2 aliphatic rings. The summed E-state index contributed by atoms with van der Waals surface area (Å²) in [5, 5.41) is 6.46. The second kappa shape index (κ2) is 6.06. The summed E-state index contributed by atoms with van der Waals surface area (Å²) >= 11 is 0. The smallest absolute Gasteiger partial charge is 0.318 e. The van der Waals surface area contributed by atoms with Crippen LogP contribution in [0.25, 0.3) is 0 Å². The molecule has 1 saturated carbocycles. The molecule has 2 N–H and O–H groups in total. The Hall–Kier alpha value is -1.55. The first-order valence-corrected chi connectivity index (χ1v) is 7.97. The number of aryl methyl sites for hydroxylation is 2. The van der Waals surface area contributed by atoms with E-state index < -0.39 is 0 Å². The number of hydrogen-bond acceptors (Lipinski definition) is 2. The molecular weight excluding hydrogens is 262 g/mol. The molecule has 21 heavy (non-hydrogen) atoms. The summed E-state index contributed by atoms with van der Waals surface area (Å²) in [6.45, 7) is 6.87. The number of nitrogens with one attached hydrogen (secondary N) is 2. The molecule has 0 radical (unpaired) electrons. The zero-order valence-corrected chi connectivity index (χ0v) is 13.0. The third-order valence-corrected chi connectivity index (χ3v) is 4.56. The zero-order chi connectivity index (χ0) is 14.8. The Morgan fingerprint density at radius 3 is 2.71 bits per heavy atom. The molecule has 1 aliphatic heterocycles. The van der Waals surface area contributed by atoms with E-state index in [1.807, 2.05) is 4.90 Å². The van der Waals surface area contributed by atoms with Crippen LogP contribution >= 0.6 is 0 Å². The zero-order valence-electron chi connectivity index (χ0n) is 13.0. The number of urea groups is 1. The quantitative estimate of drug-likeness (QED) is 0.893. The van der Waals surface area contributed by atoms with Crippen LogP contribution in [0.3, 0.4) is 0 Å². The van der Waals surface area contributed by atoms with Gasteiger partial charge in [-0.15, -0.1) is 0 Å². The van der Waals surface area contributed by atoms with Gasteiger partial charge in [0, 0.05) is 25.2 Å². The van der Waals surface area contributed by atoms with Crippen molar-refractivity contribution in [3.05, 3.63) is 34.9 Å². The van der Waals surface area contributed by atoms with Gasteiger partial charge >= 0.3 is 6.03 Å². The molecule has 1 saturated heterocycles. The van der Waals surface area contributed by atoms with Crippen LogP contribution < -0.4 is 10.6 Å². The van der Waals surface area contributed by atoms with Crippen LogP contribution in [-0.2, 0) is 6.54 Å². The summed E-state index contributed by atoms with van der Waals surface area (Å²) in [5.41, 5.74) is 3.83. The van der Waals surface area contributed by atoms with Gasteiger partial charge in [-0.05, 0) is 56.3 Å². The maximum atomic E-state index is 12.5. The lowest BCUT2D eigenvalue weighted by Gasteiger charge is -2.25. The molecule has 1 atom stereocenters. The Morgan fingerprint density at radius 1 is 1.29 bits per heavy atom. The second-order valence-corrected chi connectivity index (χ2v) is 6.42. The molecule has 1 aromatic rings. The standard InChI is InChI=1S/C17H25N3O/c1-12-3-4-14(9-13(12)2)11-20(16-5-6-16)17(21)19-15-7-8-18-10-15/h3-4,9,15-16,18H,5-8,10-11H2,1-2H3,(H,19,21)/t15-/m0/s1. The lowest BCUT2D eigenvalue weighted by molar-refractivity contribution is 0.188. The Balaban J connectivity index is 1.66. The molecule has 0 spiro atoms. The maximum Gasteiger partial charge on any atom is 0.318 e. The molecule has 2 fully saturated rings. The molecule has 4 nitrogen and oxygen atoms in total. The average molecular weight is 287 g/mol. The monoisotopic (exact) mass is 287 g/mol. The van der Waals surface area contributed by atoms with Crippen molar-refractivity contribution in [2.24, 2.45) is 0 Å². The van der Waals surface area contributed by atoms with Crippen LogP contribution in [0.1, 0.15) is 36.0 Å². The largest absolute Gasteiger partial charge is 0.334 e. The van der Waals surface area contributed by atoms with E-state index in [1.54, 1.807) is 0 Å². The average Bonchev–Trinajstić information content (AvgIpc) is 3.17.